The minimum atomic E-state index is -0.149. The van der Waals surface area contributed by atoms with Crippen LogP contribution in [-0.4, -0.2) is 29.1 Å². The van der Waals surface area contributed by atoms with Gasteiger partial charge in [-0.15, -0.1) is 0 Å². The predicted octanol–water partition coefficient (Wildman–Crippen LogP) is 2.10. The molecule has 0 radical (unpaired) electrons. The average molecular weight is 322 g/mol. The van der Waals surface area contributed by atoms with Crippen molar-refractivity contribution >= 4 is 22.5 Å². The lowest BCUT2D eigenvalue weighted by atomic mass is 10.1. The van der Waals surface area contributed by atoms with Gasteiger partial charge in [0.2, 0.25) is 11.5 Å². The number of rotatable bonds is 5. The average Bonchev–Trinajstić information content (AvgIpc) is 2.60. The van der Waals surface area contributed by atoms with Gasteiger partial charge in [0.25, 0.3) is 0 Å². The maximum Gasteiger partial charge on any atom is 0.248 e. The lowest BCUT2D eigenvalue weighted by Gasteiger charge is -2.22. The fourth-order valence-corrected chi connectivity index (χ4v) is 2.69. The van der Waals surface area contributed by atoms with Crippen molar-refractivity contribution in [3.8, 4) is 0 Å². The molecule has 0 saturated heterocycles. The molecule has 0 saturated carbocycles. The molecule has 122 valence electrons. The van der Waals surface area contributed by atoms with Crippen LogP contribution < -0.4 is 10.5 Å². The number of nitrogens with one attached hydrogen (secondary N) is 1. The van der Waals surface area contributed by atoms with Crippen LogP contribution in [0.4, 0.5) is 5.69 Å². The number of benzene rings is 2. The number of carbonyl (C=O) groups excluding carboxylic acids is 1. The number of fused-ring (bicyclic) bond motifs is 1. The number of nitrogens with zero attached hydrogens (tertiary/aromatic N) is 1. The maximum absolute atomic E-state index is 12.7. The van der Waals surface area contributed by atoms with Crippen LogP contribution in [0.1, 0.15) is 5.56 Å². The van der Waals surface area contributed by atoms with Gasteiger partial charge in [-0.1, -0.05) is 24.3 Å². The van der Waals surface area contributed by atoms with Gasteiger partial charge >= 0.3 is 0 Å². The van der Waals surface area contributed by atoms with Crippen molar-refractivity contribution in [2.75, 3.05) is 18.1 Å². The third kappa shape index (κ3) is 3.52. The number of pyridine rings is 1. The summed E-state index contributed by atoms with van der Waals surface area (Å²) >= 11 is 0. The summed E-state index contributed by atoms with van der Waals surface area (Å²) in [6.07, 6.45) is 0.226. The van der Waals surface area contributed by atoms with Crippen LogP contribution in [0.5, 0.6) is 0 Å². The fraction of sp³-hybridized carbons (Fsp3) is 0.158. The zero-order valence-electron chi connectivity index (χ0n) is 13.1. The number of aromatic nitrogens is 1. The summed E-state index contributed by atoms with van der Waals surface area (Å²) in [6.45, 7) is 0.156. The van der Waals surface area contributed by atoms with Crippen molar-refractivity contribution in [1.29, 1.82) is 0 Å². The van der Waals surface area contributed by atoms with Gasteiger partial charge in [-0.2, -0.15) is 0 Å². The lowest BCUT2D eigenvalue weighted by Crippen LogP contribution is -2.34. The Morgan fingerprint density at radius 2 is 1.83 bits per heavy atom. The molecule has 3 rings (SSSR count). The van der Waals surface area contributed by atoms with Crippen LogP contribution in [-0.2, 0) is 11.2 Å². The molecule has 0 unspecified atom stereocenters. The second-order valence-electron chi connectivity index (χ2n) is 5.53. The molecule has 0 fully saturated rings. The van der Waals surface area contributed by atoms with Crippen LogP contribution in [0.25, 0.3) is 10.9 Å². The number of para-hydroxylation sites is 1. The Morgan fingerprint density at radius 3 is 2.58 bits per heavy atom. The highest BCUT2D eigenvalue weighted by atomic mass is 16.3. The summed E-state index contributed by atoms with van der Waals surface area (Å²) in [4.78, 5) is 28.3. The largest absolute Gasteiger partial charge is 0.395 e. The molecule has 2 aromatic carbocycles. The van der Waals surface area contributed by atoms with Crippen molar-refractivity contribution in [1.82, 2.24) is 4.98 Å². The third-order valence-corrected chi connectivity index (χ3v) is 3.84. The van der Waals surface area contributed by atoms with Crippen molar-refractivity contribution in [3.63, 3.8) is 0 Å². The molecule has 24 heavy (non-hydrogen) atoms. The van der Waals surface area contributed by atoms with Crippen LogP contribution >= 0.6 is 0 Å². The molecule has 0 aliphatic heterocycles. The number of H-pyrrole nitrogens is 1. The van der Waals surface area contributed by atoms with Crippen molar-refractivity contribution in [2.24, 2.45) is 0 Å². The minimum Gasteiger partial charge on any atom is -0.395 e. The summed E-state index contributed by atoms with van der Waals surface area (Å²) in [5, 5.41) is 10.1. The van der Waals surface area contributed by atoms with E-state index in [0.717, 1.165) is 22.2 Å². The lowest BCUT2D eigenvalue weighted by molar-refractivity contribution is -0.118. The summed E-state index contributed by atoms with van der Waals surface area (Å²) < 4.78 is 0. The van der Waals surface area contributed by atoms with E-state index in [9.17, 15) is 14.7 Å². The molecule has 0 spiro atoms. The maximum atomic E-state index is 12.7. The van der Waals surface area contributed by atoms with Crippen molar-refractivity contribution in [2.45, 2.75) is 6.42 Å². The Labute approximate surface area is 139 Å². The van der Waals surface area contributed by atoms with E-state index in [-0.39, 0.29) is 31.0 Å². The molecule has 1 heterocycles. The number of aromatic amines is 1. The molecule has 0 bridgehead atoms. The smallest absolute Gasteiger partial charge is 0.248 e. The quantitative estimate of drug-likeness (QED) is 0.755. The van der Waals surface area contributed by atoms with E-state index in [4.69, 9.17) is 0 Å². The number of hydrogen-bond donors (Lipinski definition) is 2. The molecule has 3 aromatic rings. The van der Waals surface area contributed by atoms with E-state index in [1.54, 1.807) is 17.0 Å². The molecule has 0 atom stereocenters. The highest BCUT2D eigenvalue weighted by molar-refractivity contribution is 5.95. The van der Waals surface area contributed by atoms with Gasteiger partial charge in [-0.3, -0.25) is 9.59 Å². The summed E-state index contributed by atoms with van der Waals surface area (Å²) in [5.74, 6) is -0.0842. The van der Waals surface area contributed by atoms with Crippen LogP contribution in [0.3, 0.4) is 0 Å². The highest BCUT2D eigenvalue weighted by Crippen LogP contribution is 2.17. The standard InChI is InChI=1S/C19H18N2O3/c22-11-10-21(16-4-2-1-3-5-16)19(24)13-14-6-8-17-15(12-14)7-9-18(23)20-17/h1-9,12,22H,10-11,13H2,(H,20,23). The van der Waals surface area contributed by atoms with E-state index in [0.29, 0.717) is 0 Å². The molecule has 0 aliphatic rings. The number of hydrogen-bond acceptors (Lipinski definition) is 3. The topological polar surface area (TPSA) is 73.4 Å². The zero-order chi connectivity index (χ0) is 16.9. The first-order chi connectivity index (χ1) is 11.7. The van der Waals surface area contributed by atoms with Gasteiger partial charge in [0.1, 0.15) is 0 Å². The first-order valence-corrected chi connectivity index (χ1v) is 7.75. The Kier molecular flexibility index (Phi) is 4.72. The van der Waals surface area contributed by atoms with E-state index in [2.05, 4.69) is 4.98 Å². The summed E-state index contributed by atoms with van der Waals surface area (Å²) in [6, 6.07) is 18.0. The van der Waals surface area contributed by atoms with Gasteiger partial charge in [-0.05, 0) is 41.3 Å². The molecular weight excluding hydrogens is 304 g/mol. The van der Waals surface area contributed by atoms with Crippen molar-refractivity contribution < 1.29 is 9.90 Å². The van der Waals surface area contributed by atoms with Crippen LogP contribution in [0.2, 0.25) is 0 Å². The van der Waals surface area contributed by atoms with Gasteiger partial charge < -0.3 is 15.0 Å². The molecular formula is C19H18N2O3. The molecule has 5 nitrogen and oxygen atoms in total. The molecule has 2 N–H and O–H groups in total. The highest BCUT2D eigenvalue weighted by Gasteiger charge is 2.15. The van der Waals surface area contributed by atoms with Gasteiger partial charge in [-0.25, -0.2) is 0 Å². The Hall–Kier alpha value is -2.92. The van der Waals surface area contributed by atoms with Gasteiger partial charge in [0, 0.05) is 23.8 Å². The van der Waals surface area contributed by atoms with E-state index in [1.807, 2.05) is 42.5 Å². The summed E-state index contributed by atoms with van der Waals surface area (Å²) in [7, 11) is 0. The zero-order valence-corrected chi connectivity index (χ0v) is 13.1. The number of aliphatic hydroxyl groups is 1. The first kappa shape index (κ1) is 16.0. The van der Waals surface area contributed by atoms with Gasteiger partial charge in [0.05, 0.1) is 13.0 Å². The minimum absolute atomic E-state index is 0.0842. The van der Waals surface area contributed by atoms with Crippen LogP contribution in [0, 0.1) is 0 Å². The molecule has 1 amide bonds. The normalized spacial score (nSPS) is 10.7. The second kappa shape index (κ2) is 7.10. The predicted molar refractivity (Wildman–Crippen MR) is 94.2 cm³/mol. The number of aliphatic hydroxyl groups excluding tert-OH is 1. The van der Waals surface area contributed by atoms with Gasteiger partial charge in [0.15, 0.2) is 0 Å². The van der Waals surface area contributed by atoms with E-state index in [1.165, 1.54) is 6.07 Å². The summed E-state index contributed by atoms with van der Waals surface area (Å²) in [5.41, 5.74) is 2.22. The molecule has 0 aliphatic carbocycles. The first-order valence-electron chi connectivity index (χ1n) is 7.75. The molecule has 5 heteroatoms. The molecule has 1 aromatic heterocycles. The van der Waals surface area contributed by atoms with E-state index >= 15 is 0 Å². The van der Waals surface area contributed by atoms with E-state index < -0.39 is 0 Å². The number of amides is 1. The number of carbonyl (C=O) groups is 1. The fourth-order valence-electron chi connectivity index (χ4n) is 2.69. The number of anilines is 1. The monoisotopic (exact) mass is 322 g/mol. The Balaban J connectivity index is 1.84. The Morgan fingerprint density at radius 1 is 1.04 bits per heavy atom. The Bertz CT molecular complexity index is 903. The van der Waals surface area contributed by atoms with Crippen molar-refractivity contribution in [3.05, 3.63) is 76.6 Å². The van der Waals surface area contributed by atoms with Crippen LogP contribution in [0.15, 0.2) is 65.5 Å². The third-order valence-electron chi connectivity index (χ3n) is 3.84. The SMILES string of the molecule is O=C(Cc1ccc2[nH]c(=O)ccc2c1)N(CCO)c1ccccc1. The second-order valence-corrected chi connectivity index (χ2v) is 5.53.